The van der Waals surface area contributed by atoms with Crippen LogP contribution in [0.25, 0.3) is 0 Å². The molecule has 18 nitrogen and oxygen atoms in total. The third-order valence-electron chi connectivity index (χ3n) is 13.1. The molecule has 9 aromatic rings. The summed E-state index contributed by atoms with van der Waals surface area (Å²) in [6, 6.07) is 43.0. The highest BCUT2D eigenvalue weighted by Gasteiger charge is 2.42. The number of esters is 3. The predicted octanol–water partition coefficient (Wildman–Crippen LogP) is 17.2. The van der Waals surface area contributed by atoms with Crippen LogP contribution in [-0.2, 0) is 62.1 Å². The smallest absolute Gasteiger partial charge is 0.460 e. The van der Waals surface area contributed by atoms with E-state index in [9.17, 15) is 89.5 Å². The lowest BCUT2D eigenvalue weighted by Gasteiger charge is -2.24. The van der Waals surface area contributed by atoms with E-state index in [1.807, 2.05) is 0 Å². The Balaban J connectivity index is 0.000000214. The molecule has 0 saturated heterocycles. The molecule has 1 unspecified atom stereocenters. The van der Waals surface area contributed by atoms with Crippen LogP contribution in [0.15, 0.2) is 182 Å². The van der Waals surface area contributed by atoms with Crippen LogP contribution in [-0.4, -0.2) is 36.0 Å². The van der Waals surface area contributed by atoms with Gasteiger partial charge in [-0.05, 0) is 80.8 Å². The van der Waals surface area contributed by atoms with Gasteiger partial charge in [0.05, 0.1) is 0 Å². The van der Waals surface area contributed by atoms with Gasteiger partial charge < -0.3 is 41.4 Å². The number of rotatable bonds is 27. The zero-order valence-electron chi connectivity index (χ0n) is 52.9. The average molecular weight is 1500 g/mol. The third-order valence-corrected chi connectivity index (χ3v) is 17.8. The van der Waals surface area contributed by atoms with Gasteiger partial charge in [0.25, 0.3) is 0 Å². The lowest BCUT2D eigenvalue weighted by Crippen LogP contribution is -2.36. The van der Waals surface area contributed by atoms with Crippen molar-refractivity contribution in [1.29, 1.82) is 0 Å². The van der Waals surface area contributed by atoms with Crippen molar-refractivity contribution in [3.8, 4) is 34.5 Å². The number of benzene rings is 9. The van der Waals surface area contributed by atoms with E-state index in [2.05, 4.69) is 24.3 Å². The number of hydrogen-bond acceptors (Lipinski definition) is 15. The number of nitrogens with one attached hydrogen (secondary N) is 3. The van der Waals surface area contributed by atoms with E-state index in [4.69, 9.17) is 32.3 Å². The van der Waals surface area contributed by atoms with Gasteiger partial charge in [0.1, 0.15) is 55.2 Å². The molecule has 102 heavy (non-hydrogen) atoms. The second kappa shape index (κ2) is 35.9. The molecule has 9 rings (SSSR count). The molecule has 9 aromatic carbocycles. The summed E-state index contributed by atoms with van der Waals surface area (Å²) in [5.74, 6) is -39.3. The highest BCUT2D eigenvalue weighted by Crippen LogP contribution is 2.51. The Hall–Kier alpha value is -10.2. The molecule has 3 N–H and O–H groups in total. The van der Waals surface area contributed by atoms with Crippen molar-refractivity contribution in [2.24, 2.45) is 0 Å². The standard InChI is InChI=1S/C23H20F4NO5P.2C22H17F5NO5P/c1-14-18(24)20(26)21(27)22(19(14)25)33-34(30,32-17-11-7-4-8-12-17)28-15(2)23(29)31-13-16-9-5-3-6-10-16;2*1-13(22(29)31-12-14-8-4-2-5-9-14)28-34(30,32-15-10-6-3-7-11-15)33-21-19(26)17(24)16(23)18(25)20(21)27/h3-12,15H,13H2,1-2H3,(H,28,30);2*2-11,13H,12H2,1H3,(H,28,30)/t15-,34-;13-,34?;13-,34+/m000/s1. The Morgan fingerprint density at radius 1 is 0.294 bits per heavy atom. The van der Waals surface area contributed by atoms with Gasteiger partial charge in [0.15, 0.2) is 17.5 Å². The normalized spacial score (nSPS) is 13.6. The lowest BCUT2D eigenvalue weighted by atomic mass is 10.2. The fraction of sp³-hybridized carbons (Fsp3) is 0.149. The highest BCUT2D eigenvalue weighted by molar-refractivity contribution is 7.53. The molecular weight excluding hydrogens is 1450 g/mol. The van der Waals surface area contributed by atoms with E-state index in [1.54, 1.807) is 109 Å². The summed E-state index contributed by atoms with van der Waals surface area (Å²) < 4.78 is 279. The molecule has 0 amide bonds. The molecule has 35 heteroatoms. The number of halogens is 14. The van der Waals surface area contributed by atoms with Crippen molar-refractivity contribution in [2.75, 3.05) is 0 Å². The predicted molar refractivity (Wildman–Crippen MR) is 336 cm³/mol. The Labute approximate surface area is 571 Å². The van der Waals surface area contributed by atoms with Gasteiger partial charge in [-0.15, -0.1) is 0 Å². The molecule has 0 saturated carbocycles. The molecule has 6 atom stereocenters. The van der Waals surface area contributed by atoms with E-state index < -0.39 is 164 Å². The molecule has 0 radical (unpaired) electrons. The molecule has 0 spiro atoms. The minimum absolute atomic E-state index is 0.0525. The molecular formula is C67H54F14N3O15P3. The van der Waals surface area contributed by atoms with Crippen LogP contribution in [0, 0.1) is 88.4 Å². The first-order valence-corrected chi connectivity index (χ1v) is 33.9. The number of hydrogen-bond donors (Lipinski definition) is 3. The number of carbonyl (C=O) groups is 3. The van der Waals surface area contributed by atoms with Crippen molar-refractivity contribution in [3.63, 3.8) is 0 Å². The SMILES string of the molecule is C[C@H](NP(=O)(Oc1ccccc1)Oc1c(F)c(F)c(F)c(F)c1F)C(=O)OCc1ccccc1.C[C@H](N[P@@](=O)(Oc1ccccc1)Oc1c(F)c(F)c(F)c(F)c1F)C(=O)OCc1ccccc1.Cc1c(F)c(F)c(F)c(O[P@](=O)(N[C@@H](C)C(=O)OCc2ccccc2)Oc2ccccc2)c1F. The molecule has 0 aliphatic heterocycles. The Morgan fingerprint density at radius 3 is 0.725 bits per heavy atom. The van der Waals surface area contributed by atoms with Crippen LogP contribution in [0.4, 0.5) is 61.5 Å². The Bertz CT molecular complexity index is 4000. The number of para-hydroxylation sites is 3. The molecule has 0 aliphatic carbocycles. The van der Waals surface area contributed by atoms with Crippen molar-refractivity contribution in [2.45, 2.75) is 65.6 Å². The van der Waals surface area contributed by atoms with Crippen molar-refractivity contribution >= 4 is 41.1 Å². The van der Waals surface area contributed by atoms with Crippen LogP contribution >= 0.6 is 23.2 Å². The summed E-state index contributed by atoms with van der Waals surface area (Å²) >= 11 is 0. The first-order valence-electron chi connectivity index (χ1n) is 29.3. The molecule has 0 heterocycles. The number of carbonyl (C=O) groups excluding carboxylic acids is 3. The van der Waals surface area contributed by atoms with Crippen molar-refractivity contribution < 1.29 is 131 Å². The Morgan fingerprint density at radius 2 is 0.490 bits per heavy atom. The van der Waals surface area contributed by atoms with Gasteiger partial charge in [-0.1, -0.05) is 146 Å². The van der Waals surface area contributed by atoms with Gasteiger partial charge in [-0.3, -0.25) is 14.4 Å². The van der Waals surface area contributed by atoms with E-state index in [1.165, 1.54) is 93.6 Å². The maximum absolute atomic E-state index is 14.5. The van der Waals surface area contributed by atoms with Crippen LogP contribution in [0.2, 0.25) is 0 Å². The summed E-state index contributed by atoms with van der Waals surface area (Å²) in [7, 11) is -14.7. The van der Waals surface area contributed by atoms with Gasteiger partial charge >= 0.3 is 41.1 Å². The maximum Gasteiger partial charge on any atom is 0.513 e. The van der Waals surface area contributed by atoms with Crippen molar-refractivity contribution in [3.05, 3.63) is 286 Å². The van der Waals surface area contributed by atoms with E-state index in [0.717, 1.165) is 6.92 Å². The molecule has 0 aliphatic rings. The molecule has 0 bridgehead atoms. The second-order valence-electron chi connectivity index (χ2n) is 20.8. The largest absolute Gasteiger partial charge is 0.513 e. The molecule has 540 valence electrons. The summed E-state index contributed by atoms with van der Waals surface area (Å²) in [5, 5.41) is 6.42. The van der Waals surface area contributed by atoms with Crippen LogP contribution in [0.5, 0.6) is 34.5 Å². The minimum atomic E-state index is -4.96. The average Bonchev–Trinajstić information content (AvgIpc) is 0.794. The zero-order valence-corrected chi connectivity index (χ0v) is 55.6. The van der Waals surface area contributed by atoms with Gasteiger partial charge in [-0.25, -0.2) is 53.2 Å². The fourth-order valence-corrected chi connectivity index (χ4v) is 12.6. The Kier molecular flexibility index (Phi) is 27.8. The van der Waals surface area contributed by atoms with Gasteiger partial charge in [0.2, 0.25) is 81.2 Å². The monoisotopic (exact) mass is 1500 g/mol. The number of ether oxygens (including phenoxy) is 3. The topological polar surface area (TPSA) is 222 Å². The van der Waals surface area contributed by atoms with Crippen LogP contribution in [0.1, 0.15) is 43.0 Å². The van der Waals surface area contributed by atoms with Gasteiger partial charge in [0, 0.05) is 5.56 Å². The third kappa shape index (κ3) is 21.4. The minimum Gasteiger partial charge on any atom is -0.460 e. The van der Waals surface area contributed by atoms with Crippen LogP contribution < -0.4 is 42.4 Å². The second-order valence-corrected chi connectivity index (χ2v) is 25.7. The van der Waals surface area contributed by atoms with E-state index in [0.29, 0.717) is 16.7 Å². The van der Waals surface area contributed by atoms with Crippen LogP contribution in [0.3, 0.4) is 0 Å². The zero-order chi connectivity index (χ0) is 74.6. The first-order chi connectivity index (χ1) is 48.3. The van der Waals surface area contributed by atoms with Gasteiger partial charge in [-0.2, -0.15) is 37.2 Å². The quantitative estimate of drug-likeness (QED) is 0.0109. The van der Waals surface area contributed by atoms with E-state index in [-0.39, 0.29) is 37.1 Å². The van der Waals surface area contributed by atoms with E-state index >= 15 is 0 Å². The lowest BCUT2D eigenvalue weighted by molar-refractivity contribution is -0.147. The summed E-state index contributed by atoms with van der Waals surface area (Å²) in [6.07, 6.45) is 0. The summed E-state index contributed by atoms with van der Waals surface area (Å²) in [4.78, 5) is 37.1. The molecule has 0 fully saturated rings. The summed E-state index contributed by atoms with van der Waals surface area (Å²) in [6.45, 7) is 4.07. The summed E-state index contributed by atoms with van der Waals surface area (Å²) in [5.41, 5.74) is 1.08. The van der Waals surface area contributed by atoms with Crippen molar-refractivity contribution in [1.82, 2.24) is 15.3 Å². The fourth-order valence-electron chi connectivity index (χ4n) is 8.00. The maximum atomic E-state index is 14.5. The first kappa shape index (κ1) is 79.1. The highest BCUT2D eigenvalue weighted by atomic mass is 31.2. The molecule has 0 aromatic heterocycles.